The summed E-state index contributed by atoms with van der Waals surface area (Å²) in [5, 5.41) is 2.90. The number of nitrogens with one attached hydrogen (secondary N) is 1. The lowest BCUT2D eigenvalue weighted by Gasteiger charge is -2.09. The first-order chi connectivity index (χ1) is 9.71. The molecule has 0 heterocycles. The summed E-state index contributed by atoms with van der Waals surface area (Å²) in [7, 11) is 3.13. The molecule has 20 heavy (non-hydrogen) atoms. The van der Waals surface area contributed by atoms with E-state index in [0.717, 1.165) is 25.7 Å². The van der Waals surface area contributed by atoms with Gasteiger partial charge in [-0.25, -0.2) is 0 Å². The third kappa shape index (κ3) is 5.70. The Bertz CT molecular complexity index is 401. The van der Waals surface area contributed by atoms with Crippen molar-refractivity contribution >= 4 is 17.5 Å². The number of amides is 1. The molecule has 0 bridgehead atoms. The number of hydrogen-bond acceptors (Lipinski definition) is 3. The van der Waals surface area contributed by atoms with Gasteiger partial charge in [-0.1, -0.05) is 12.8 Å². The highest BCUT2D eigenvalue weighted by Gasteiger charge is 2.09. The molecule has 0 atom stereocenters. The normalized spacial score (nSPS) is 10.2. The molecule has 5 heteroatoms. The van der Waals surface area contributed by atoms with Gasteiger partial charge < -0.3 is 14.8 Å². The van der Waals surface area contributed by atoms with Crippen LogP contribution in [0.5, 0.6) is 11.5 Å². The molecule has 1 rings (SSSR count). The minimum atomic E-state index is -0.112. The van der Waals surface area contributed by atoms with Gasteiger partial charge in [-0.2, -0.15) is 0 Å². The van der Waals surface area contributed by atoms with E-state index in [1.54, 1.807) is 32.4 Å². The van der Waals surface area contributed by atoms with E-state index in [1.807, 2.05) is 0 Å². The third-order valence-corrected chi connectivity index (χ3v) is 3.23. The van der Waals surface area contributed by atoms with Crippen molar-refractivity contribution in [1.82, 2.24) is 5.32 Å². The molecular formula is C15H22ClNO3. The summed E-state index contributed by atoms with van der Waals surface area (Å²) in [6, 6.07) is 5.14. The number of unbranched alkanes of at least 4 members (excludes halogenated alkanes) is 3. The fourth-order valence-corrected chi connectivity index (χ4v) is 2.00. The maximum atomic E-state index is 12.0. The SMILES string of the molecule is COc1cc(OC)cc(C(=O)NCCCCCCCl)c1. The van der Waals surface area contributed by atoms with E-state index < -0.39 is 0 Å². The standard InChI is InChI=1S/C15H22ClNO3/c1-19-13-9-12(10-14(11-13)20-2)15(18)17-8-6-4-3-5-7-16/h9-11H,3-8H2,1-2H3,(H,17,18). The molecule has 0 spiro atoms. The highest BCUT2D eigenvalue weighted by molar-refractivity contribution is 6.17. The summed E-state index contributed by atoms with van der Waals surface area (Å²) in [5.74, 6) is 1.81. The molecule has 1 amide bonds. The van der Waals surface area contributed by atoms with Crippen LogP contribution in [0.1, 0.15) is 36.0 Å². The number of carbonyl (C=O) groups is 1. The Hall–Kier alpha value is -1.42. The summed E-state index contributed by atoms with van der Waals surface area (Å²) >= 11 is 5.61. The number of benzene rings is 1. The quantitative estimate of drug-likeness (QED) is 0.562. The van der Waals surface area contributed by atoms with Crippen molar-refractivity contribution in [2.24, 2.45) is 0 Å². The summed E-state index contributed by atoms with van der Waals surface area (Å²) in [4.78, 5) is 12.0. The number of rotatable bonds is 9. The van der Waals surface area contributed by atoms with Crippen molar-refractivity contribution < 1.29 is 14.3 Å². The van der Waals surface area contributed by atoms with Gasteiger partial charge in [-0.3, -0.25) is 4.79 Å². The average molecular weight is 300 g/mol. The van der Waals surface area contributed by atoms with E-state index in [4.69, 9.17) is 21.1 Å². The molecule has 0 saturated heterocycles. The molecule has 4 nitrogen and oxygen atoms in total. The molecule has 0 aliphatic carbocycles. The van der Waals surface area contributed by atoms with Crippen molar-refractivity contribution in [1.29, 1.82) is 0 Å². The lowest BCUT2D eigenvalue weighted by atomic mass is 10.1. The summed E-state index contributed by atoms with van der Waals surface area (Å²) in [6.07, 6.45) is 4.17. The smallest absolute Gasteiger partial charge is 0.251 e. The zero-order chi connectivity index (χ0) is 14.8. The largest absolute Gasteiger partial charge is 0.497 e. The van der Waals surface area contributed by atoms with Crippen LogP contribution in [0.25, 0.3) is 0 Å². The predicted molar refractivity (Wildman–Crippen MR) is 81.1 cm³/mol. The second kappa shape index (κ2) is 9.48. The zero-order valence-electron chi connectivity index (χ0n) is 12.1. The van der Waals surface area contributed by atoms with Crippen LogP contribution in [0.4, 0.5) is 0 Å². The van der Waals surface area contributed by atoms with Crippen molar-refractivity contribution in [2.75, 3.05) is 26.6 Å². The van der Waals surface area contributed by atoms with E-state index in [9.17, 15) is 4.79 Å². The minimum Gasteiger partial charge on any atom is -0.497 e. The number of methoxy groups -OCH3 is 2. The predicted octanol–water partition coefficient (Wildman–Crippen LogP) is 3.23. The maximum absolute atomic E-state index is 12.0. The van der Waals surface area contributed by atoms with Gasteiger partial charge in [0.2, 0.25) is 0 Å². The molecule has 0 aliphatic rings. The van der Waals surface area contributed by atoms with Crippen LogP contribution in [0.15, 0.2) is 18.2 Å². The Morgan fingerprint density at radius 3 is 2.20 bits per heavy atom. The van der Waals surface area contributed by atoms with Crippen molar-refractivity contribution in [2.45, 2.75) is 25.7 Å². The summed E-state index contributed by atoms with van der Waals surface area (Å²) in [5.41, 5.74) is 0.543. The molecular weight excluding hydrogens is 278 g/mol. The van der Waals surface area contributed by atoms with Crippen LogP contribution in [0.2, 0.25) is 0 Å². The highest BCUT2D eigenvalue weighted by Crippen LogP contribution is 2.22. The average Bonchev–Trinajstić information content (AvgIpc) is 2.49. The number of carbonyl (C=O) groups excluding carboxylic acids is 1. The summed E-state index contributed by atoms with van der Waals surface area (Å²) in [6.45, 7) is 0.667. The van der Waals surface area contributed by atoms with Crippen LogP contribution in [0, 0.1) is 0 Å². The lowest BCUT2D eigenvalue weighted by molar-refractivity contribution is 0.0952. The first-order valence-electron chi connectivity index (χ1n) is 6.78. The number of halogens is 1. The van der Waals surface area contributed by atoms with Gasteiger partial charge in [-0.05, 0) is 25.0 Å². The number of alkyl halides is 1. The topological polar surface area (TPSA) is 47.6 Å². The Morgan fingerprint density at radius 2 is 1.65 bits per heavy atom. The molecule has 1 N–H and O–H groups in total. The van der Waals surface area contributed by atoms with Gasteiger partial charge in [0.05, 0.1) is 14.2 Å². The summed E-state index contributed by atoms with van der Waals surface area (Å²) < 4.78 is 10.3. The van der Waals surface area contributed by atoms with Gasteiger partial charge in [0, 0.05) is 24.1 Å². The molecule has 0 aromatic heterocycles. The third-order valence-electron chi connectivity index (χ3n) is 2.96. The van der Waals surface area contributed by atoms with Crippen LogP contribution in [0.3, 0.4) is 0 Å². The molecule has 0 radical (unpaired) electrons. The van der Waals surface area contributed by atoms with Gasteiger partial charge >= 0.3 is 0 Å². The van der Waals surface area contributed by atoms with Gasteiger partial charge in [0.15, 0.2) is 0 Å². The molecule has 1 aromatic carbocycles. The first-order valence-corrected chi connectivity index (χ1v) is 7.32. The second-order valence-electron chi connectivity index (χ2n) is 4.46. The van der Waals surface area contributed by atoms with E-state index >= 15 is 0 Å². The molecule has 0 aliphatic heterocycles. The van der Waals surface area contributed by atoms with Crippen LogP contribution >= 0.6 is 11.6 Å². The zero-order valence-corrected chi connectivity index (χ0v) is 12.8. The molecule has 0 saturated carbocycles. The molecule has 0 fully saturated rings. The van der Waals surface area contributed by atoms with E-state index in [0.29, 0.717) is 29.5 Å². The van der Waals surface area contributed by atoms with Crippen molar-refractivity contribution in [3.63, 3.8) is 0 Å². The van der Waals surface area contributed by atoms with Gasteiger partial charge in [0.1, 0.15) is 11.5 Å². The van der Waals surface area contributed by atoms with E-state index in [-0.39, 0.29) is 5.91 Å². The van der Waals surface area contributed by atoms with Crippen LogP contribution in [-0.4, -0.2) is 32.6 Å². The Labute approximate surface area is 125 Å². The first kappa shape index (κ1) is 16.6. The minimum absolute atomic E-state index is 0.112. The lowest BCUT2D eigenvalue weighted by Crippen LogP contribution is -2.24. The molecule has 0 unspecified atom stereocenters. The van der Waals surface area contributed by atoms with Crippen molar-refractivity contribution in [3.8, 4) is 11.5 Å². The number of ether oxygens (including phenoxy) is 2. The van der Waals surface area contributed by atoms with Gasteiger partial charge in [0.25, 0.3) is 5.91 Å². The number of hydrogen-bond donors (Lipinski definition) is 1. The maximum Gasteiger partial charge on any atom is 0.251 e. The fraction of sp³-hybridized carbons (Fsp3) is 0.533. The van der Waals surface area contributed by atoms with Crippen molar-refractivity contribution in [3.05, 3.63) is 23.8 Å². The molecule has 1 aromatic rings. The Kier molecular flexibility index (Phi) is 7.88. The van der Waals surface area contributed by atoms with Crippen LogP contribution in [-0.2, 0) is 0 Å². The Balaban J connectivity index is 2.46. The van der Waals surface area contributed by atoms with Gasteiger partial charge in [-0.15, -0.1) is 11.6 Å². The second-order valence-corrected chi connectivity index (χ2v) is 4.84. The van der Waals surface area contributed by atoms with Crippen LogP contribution < -0.4 is 14.8 Å². The van der Waals surface area contributed by atoms with E-state index in [2.05, 4.69) is 5.32 Å². The fourth-order valence-electron chi connectivity index (χ4n) is 1.82. The molecule has 112 valence electrons. The monoisotopic (exact) mass is 299 g/mol. The highest BCUT2D eigenvalue weighted by atomic mass is 35.5. The Morgan fingerprint density at radius 1 is 1.05 bits per heavy atom. The van der Waals surface area contributed by atoms with E-state index in [1.165, 1.54) is 0 Å².